The van der Waals surface area contributed by atoms with Crippen LogP contribution in [0.25, 0.3) is 11.4 Å². The summed E-state index contributed by atoms with van der Waals surface area (Å²) < 4.78 is 19.0. The first-order valence-electron chi connectivity index (χ1n) is 5.27. The van der Waals surface area contributed by atoms with Gasteiger partial charge in [0.15, 0.2) is 5.82 Å². The van der Waals surface area contributed by atoms with Gasteiger partial charge < -0.3 is 4.74 Å². The van der Waals surface area contributed by atoms with E-state index in [0.717, 1.165) is 0 Å². The van der Waals surface area contributed by atoms with Crippen molar-refractivity contribution in [2.24, 2.45) is 0 Å². The van der Waals surface area contributed by atoms with E-state index >= 15 is 0 Å². The first-order chi connectivity index (χ1) is 9.10. The topological polar surface area (TPSA) is 79.9 Å². The van der Waals surface area contributed by atoms with Crippen molar-refractivity contribution in [1.82, 2.24) is 15.2 Å². The number of anilines is 1. The van der Waals surface area contributed by atoms with E-state index in [1.807, 2.05) is 0 Å². The van der Waals surface area contributed by atoms with Gasteiger partial charge in [0.1, 0.15) is 12.4 Å². The van der Waals surface area contributed by atoms with E-state index in [1.54, 1.807) is 12.1 Å². The molecular formula is C11H10BrFN4O2. The van der Waals surface area contributed by atoms with Crippen molar-refractivity contribution in [3.05, 3.63) is 28.5 Å². The number of aromatic nitrogens is 3. The predicted octanol–water partition coefficient (Wildman–Crippen LogP) is 1.96. The fourth-order valence-electron chi connectivity index (χ4n) is 1.41. The minimum atomic E-state index is -0.444. The average Bonchev–Trinajstić information content (AvgIpc) is 2.77. The van der Waals surface area contributed by atoms with Crippen LogP contribution in [0.3, 0.4) is 0 Å². The molecule has 0 aliphatic carbocycles. The van der Waals surface area contributed by atoms with Gasteiger partial charge in [-0.25, -0.2) is 4.39 Å². The van der Waals surface area contributed by atoms with Crippen LogP contribution >= 0.6 is 15.9 Å². The first-order valence-corrected chi connectivity index (χ1v) is 6.06. The number of ether oxygens (including phenoxy) is 1. The quantitative estimate of drug-likeness (QED) is 0.899. The summed E-state index contributed by atoms with van der Waals surface area (Å²) in [4.78, 5) is 15.2. The number of amides is 1. The SMILES string of the molecule is COCC(=O)Nc1n[nH]c(-c2ccc(Br)cc2F)n1. The van der Waals surface area contributed by atoms with Crippen molar-refractivity contribution >= 4 is 27.8 Å². The number of carbonyl (C=O) groups excluding carboxylic acids is 1. The minimum absolute atomic E-state index is 0.0689. The summed E-state index contributed by atoms with van der Waals surface area (Å²) in [6, 6.07) is 4.56. The van der Waals surface area contributed by atoms with Crippen molar-refractivity contribution in [2.45, 2.75) is 0 Å². The van der Waals surface area contributed by atoms with E-state index in [4.69, 9.17) is 0 Å². The van der Waals surface area contributed by atoms with Crippen LogP contribution < -0.4 is 5.32 Å². The molecule has 0 spiro atoms. The molecule has 1 amide bonds. The van der Waals surface area contributed by atoms with Crippen molar-refractivity contribution in [3.8, 4) is 11.4 Å². The Morgan fingerprint density at radius 3 is 3.05 bits per heavy atom. The zero-order valence-electron chi connectivity index (χ0n) is 9.91. The maximum atomic E-state index is 13.7. The van der Waals surface area contributed by atoms with Crippen LogP contribution in [-0.4, -0.2) is 34.8 Å². The van der Waals surface area contributed by atoms with Gasteiger partial charge in [0.25, 0.3) is 5.91 Å². The molecule has 0 atom stereocenters. The van der Waals surface area contributed by atoms with Crippen LogP contribution in [0.1, 0.15) is 0 Å². The molecule has 0 saturated heterocycles. The number of benzene rings is 1. The molecule has 19 heavy (non-hydrogen) atoms. The van der Waals surface area contributed by atoms with Crippen LogP contribution in [0.2, 0.25) is 0 Å². The molecule has 0 fully saturated rings. The molecule has 2 rings (SSSR count). The van der Waals surface area contributed by atoms with Crippen LogP contribution in [-0.2, 0) is 9.53 Å². The maximum Gasteiger partial charge on any atom is 0.252 e. The first kappa shape index (κ1) is 13.6. The van der Waals surface area contributed by atoms with Crippen LogP contribution in [0.5, 0.6) is 0 Å². The number of hydrogen-bond acceptors (Lipinski definition) is 4. The minimum Gasteiger partial charge on any atom is -0.375 e. The predicted molar refractivity (Wildman–Crippen MR) is 70.0 cm³/mol. The molecule has 0 unspecified atom stereocenters. The smallest absolute Gasteiger partial charge is 0.252 e. The van der Waals surface area contributed by atoms with Gasteiger partial charge in [0.05, 0.1) is 5.56 Å². The Morgan fingerprint density at radius 2 is 2.37 bits per heavy atom. The Balaban J connectivity index is 2.18. The number of halogens is 2. The molecule has 100 valence electrons. The lowest BCUT2D eigenvalue weighted by Crippen LogP contribution is -2.17. The summed E-state index contributed by atoms with van der Waals surface area (Å²) in [5.74, 6) is -0.526. The number of carbonyl (C=O) groups is 1. The normalized spacial score (nSPS) is 10.5. The standard InChI is InChI=1S/C11H10BrFN4O2/c1-19-5-9(18)14-11-15-10(16-17-11)7-3-2-6(12)4-8(7)13/h2-4H,5H2,1H3,(H2,14,15,16,17,18). The molecule has 6 nitrogen and oxygen atoms in total. The number of methoxy groups -OCH3 is 1. The van der Waals surface area contributed by atoms with Gasteiger partial charge in [-0.3, -0.25) is 15.2 Å². The molecule has 0 bridgehead atoms. The number of nitrogens with one attached hydrogen (secondary N) is 2. The molecule has 1 aromatic carbocycles. The van der Waals surface area contributed by atoms with Gasteiger partial charge in [-0.05, 0) is 18.2 Å². The van der Waals surface area contributed by atoms with Crippen LogP contribution in [0.4, 0.5) is 10.3 Å². The van der Waals surface area contributed by atoms with Crippen LogP contribution in [0, 0.1) is 5.82 Å². The Bertz CT molecular complexity index is 602. The van der Waals surface area contributed by atoms with E-state index in [9.17, 15) is 9.18 Å². The summed E-state index contributed by atoms with van der Waals surface area (Å²) >= 11 is 3.17. The van der Waals surface area contributed by atoms with E-state index < -0.39 is 5.82 Å². The average molecular weight is 329 g/mol. The van der Waals surface area contributed by atoms with E-state index in [0.29, 0.717) is 4.47 Å². The summed E-state index contributed by atoms with van der Waals surface area (Å²) in [6.45, 7) is -0.101. The molecule has 0 radical (unpaired) electrons. The summed E-state index contributed by atoms with van der Waals surface area (Å²) in [5.41, 5.74) is 0.267. The number of H-pyrrole nitrogens is 1. The summed E-state index contributed by atoms with van der Waals surface area (Å²) in [7, 11) is 1.40. The summed E-state index contributed by atoms with van der Waals surface area (Å²) in [5, 5.41) is 8.75. The number of nitrogens with zero attached hydrogens (tertiary/aromatic N) is 2. The van der Waals surface area contributed by atoms with Gasteiger partial charge in [0.2, 0.25) is 5.95 Å². The van der Waals surface area contributed by atoms with E-state index in [2.05, 4.69) is 41.2 Å². The second-order valence-electron chi connectivity index (χ2n) is 3.61. The van der Waals surface area contributed by atoms with E-state index in [-0.39, 0.29) is 29.9 Å². The fourth-order valence-corrected chi connectivity index (χ4v) is 1.74. The molecule has 0 saturated carbocycles. The molecule has 2 N–H and O–H groups in total. The lowest BCUT2D eigenvalue weighted by Gasteiger charge is -1.99. The monoisotopic (exact) mass is 328 g/mol. The highest BCUT2D eigenvalue weighted by Gasteiger charge is 2.12. The Hall–Kier alpha value is -1.80. The third-order valence-corrected chi connectivity index (χ3v) is 2.69. The lowest BCUT2D eigenvalue weighted by molar-refractivity contribution is -0.119. The highest BCUT2D eigenvalue weighted by molar-refractivity contribution is 9.10. The van der Waals surface area contributed by atoms with Crippen molar-refractivity contribution in [3.63, 3.8) is 0 Å². The molecule has 8 heteroatoms. The van der Waals surface area contributed by atoms with E-state index in [1.165, 1.54) is 13.2 Å². The molecule has 1 heterocycles. The highest BCUT2D eigenvalue weighted by Crippen LogP contribution is 2.23. The largest absolute Gasteiger partial charge is 0.375 e. The maximum absolute atomic E-state index is 13.7. The number of rotatable bonds is 4. The Labute approximate surface area is 116 Å². The molecule has 1 aromatic heterocycles. The number of aromatic amines is 1. The lowest BCUT2D eigenvalue weighted by atomic mass is 10.2. The highest BCUT2D eigenvalue weighted by atomic mass is 79.9. The van der Waals surface area contributed by atoms with Gasteiger partial charge in [-0.2, -0.15) is 4.98 Å². The van der Waals surface area contributed by atoms with Crippen LogP contribution in [0.15, 0.2) is 22.7 Å². The molecule has 0 aliphatic rings. The number of hydrogen-bond donors (Lipinski definition) is 2. The second kappa shape index (κ2) is 5.89. The zero-order chi connectivity index (χ0) is 13.8. The second-order valence-corrected chi connectivity index (χ2v) is 4.53. The Morgan fingerprint density at radius 1 is 1.58 bits per heavy atom. The molecule has 2 aromatic rings. The van der Waals surface area contributed by atoms with Gasteiger partial charge in [0, 0.05) is 11.6 Å². The molecule has 0 aliphatic heterocycles. The van der Waals surface area contributed by atoms with Gasteiger partial charge in [-0.1, -0.05) is 15.9 Å². The third kappa shape index (κ3) is 3.36. The van der Waals surface area contributed by atoms with Gasteiger partial charge in [-0.15, -0.1) is 5.10 Å². The Kier molecular flexibility index (Phi) is 4.23. The fraction of sp³-hybridized carbons (Fsp3) is 0.182. The van der Waals surface area contributed by atoms with Crippen molar-refractivity contribution in [1.29, 1.82) is 0 Å². The van der Waals surface area contributed by atoms with Gasteiger partial charge >= 0.3 is 0 Å². The summed E-state index contributed by atoms with van der Waals surface area (Å²) in [6.07, 6.45) is 0. The zero-order valence-corrected chi connectivity index (χ0v) is 11.5. The third-order valence-electron chi connectivity index (χ3n) is 2.20. The van der Waals surface area contributed by atoms with Crippen molar-refractivity contribution in [2.75, 3.05) is 19.0 Å². The van der Waals surface area contributed by atoms with Crippen molar-refractivity contribution < 1.29 is 13.9 Å². The molecular weight excluding hydrogens is 319 g/mol.